The minimum atomic E-state index is -3.86. The van der Waals surface area contributed by atoms with Crippen molar-refractivity contribution < 1.29 is 22.7 Å². The number of ether oxygens (including phenoxy) is 1. The van der Waals surface area contributed by atoms with E-state index in [9.17, 15) is 18.0 Å². The summed E-state index contributed by atoms with van der Waals surface area (Å²) in [5.74, 6) is 0. The molecule has 0 saturated heterocycles. The number of carbonyl (C=O) groups is 2. The van der Waals surface area contributed by atoms with E-state index in [4.69, 9.17) is 16.3 Å². The fourth-order valence-electron chi connectivity index (χ4n) is 2.63. The molecule has 2 rings (SSSR count). The summed E-state index contributed by atoms with van der Waals surface area (Å²) in [6.07, 6.45) is 0.698. The number of sulfonamides is 1. The van der Waals surface area contributed by atoms with Gasteiger partial charge in [0.1, 0.15) is 6.61 Å². The molecule has 0 spiro atoms. The molecule has 30 heavy (non-hydrogen) atoms. The Balaban J connectivity index is 1.72. The largest absolute Gasteiger partial charge is 0.445 e. The summed E-state index contributed by atoms with van der Waals surface area (Å²) in [5.41, 5.74) is 1.81. The van der Waals surface area contributed by atoms with Crippen LogP contribution in [0.3, 0.4) is 0 Å². The molecule has 0 heterocycles. The van der Waals surface area contributed by atoms with Crippen LogP contribution in [0.2, 0.25) is 0 Å². The van der Waals surface area contributed by atoms with Crippen LogP contribution in [-0.2, 0) is 26.2 Å². The Morgan fingerprint density at radius 3 is 2.33 bits per heavy atom. The first-order valence-electron chi connectivity index (χ1n) is 9.51. The molecule has 162 valence electrons. The smallest absolute Gasteiger partial charge is 0.407 e. The van der Waals surface area contributed by atoms with Crippen molar-refractivity contribution in [3.05, 3.63) is 65.7 Å². The first-order valence-corrected chi connectivity index (χ1v) is 11.4. The van der Waals surface area contributed by atoms with E-state index < -0.39 is 27.4 Å². The molecule has 2 N–H and O–H groups in total. The second-order valence-electron chi connectivity index (χ2n) is 6.78. The van der Waals surface area contributed by atoms with Gasteiger partial charge in [0.2, 0.25) is 15.3 Å². The van der Waals surface area contributed by atoms with Gasteiger partial charge in [-0.1, -0.05) is 48.0 Å². The van der Waals surface area contributed by atoms with Gasteiger partial charge in [0.05, 0.1) is 10.9 Å². The molecule has 0 aliphatic carbocycles. The van der Waals surface area contributed by atoms with Gasteiger partial charge in [-0.2, -0.15) is 4.72 Å². The molecule has 1 amide bonds. The van der Waals surface area contributed by atoms with Crippen LogP contribution in [0.4, 0.5) is 4.79 Å². The summed E-state index contributed by atoms with van der Waals surface area (Å²) >= 11 is 5.57. The number of carbonyl (C=O) groups excluding carboxylic acids is 2. The van der Waals surface area contributed by atoms with Crippen molar-refractivity contribution in [2.75, 3.05) is 6.54 Å². The Hall–Kier alpha value is -2.42. The lowest BCUT2D eigenvalue weighted by Crippen LogP contribution is -2.39. The van der Waals surface area contributed by atoms with Crippen molar-refractivity contribution in [3.63, 3.8) is 0 Å². The van der Waals surface area contributed by atoms with Gasteiger partial charge < -0.3 is 10.1 Å². The third kappa shape index (κ3) is 8.14. The van der Waals surface area contributed by atoms with Crippen molar-refractivity contribution in [3.8, 4) is 0 Å². The topological polar surface area (TPSA) is 102 Å². The fraction of sp³-hybridized carbons (Fsp3) is 0.333. The first-order chi connectivity index (χ1) is 14.3. The fourth-order valence-corrected chi connectivity index (χ4v) is 4.09. The van der Waals surface area contributed by atoms with Gasteiger partial charge in [-0.25, -0.2) is 13.2 Å². The van der Waals surface area contributed by atoms with E-state index in [2.05, 4.69) is 10.0 Å². The maximum Gasteiger partial charge on any atom is 0.407 e. The van der Waals surface area contributed by atoms with E-state index in [0.29, 0.717) is 19.4 Å². The Bertz CT molecular complexity index is 934. The molecule has 0 aliphatic heterocycles. The summed E-state index contributed by atoms with van der Waals surface area (Å²) in [7, 11) is -3.86. The molecule has 9 heteroatoms. The Labute approximate surface area is 181 Å². The lowest BCUT2D eigenvalue weighted by molar-refractivity contribution is -0.113. The van der Waals surface area contributed by atoms with Crippen LogP contribution >= 0.6 is 11.6 Å². The van der Waals surface area contributed by atoms with Crippen LogP contribution in [0, 0.1) is 6.92 Å². The maximum atomic E-state index is 12.4. The molecular weight excluding hydrogens is 428 g/mol. The van der Waals surface area contributed by atoms with Gasteiger partial charge in [0.25, 0.3) is 0 Å². The molecule has 0 aromatic heterocycles. The van der Waals surface area contributed by atoms with Crippen molar-refractivity contribution in [1.82, 2.24) is 10.0 Å². The van der Waals surface area contributed by atoms with E-state index in [0.717, 1.165) is 11.1 Å². The van der Waals surface area contributed by atoms with Crippen molar-refractivity contribution in [1.29, 1.82) is 0 Å². The normalized spacial score (nSPS) is 12.2. The number of rotatable bonds is 11. The molecule has 1 atom stereocenters. The quantitative estimate of drug-likeness (QED) is 0.401. The zero-order chi connectivity index (χ0) is 22.0. The number of benzene rings is 2. The lowest BCUT2D eigenvalue weighted by Gasteiger charge is -2.15. The molecule has 0 aliphatic rings. The number of unbranched alkanes of at least 4 members (excludes halogenated alkanes) is 1. The monoisotopic (exact) mass is 452 g/mol. The molecule has 0 unspecified atom stereocenters. The van der Waals surface area contributed by atoms with E-state index in [1.165, 1.54) is 12.1 Å². The summed E-state index contributed by atoms with van der Waals surface area (Å²) in [6, 6.07) is 14.6. The minimum Gasteiger partial charge on any atom is -0.445 e. The zero-order valence-electron chi connectivity index (χ0n) is 16.6. The highest BCUT2D eigenvalue weighted by Crippen LogP contribution is 2.13. The molecule has 2 aromatic carbocycles. The second kappa shape index (κ2) is 11.7. The Kier molecular flexibility index (Phi) is 9.29. The van der Waals surface area contributed by atoms with Crippen molar-refractivity contribution >= 4 is 33.0 Å². The number of nitrogens with one attached hydrogen (secondary N) is 2. The summed E-state index contributed by atoms with van der Waals surface area (Å²) in [6.45, 7) is 2.36. The lowest BCUT2D eigenvalue weighted by atomic mass is 10.1. The van der Waals surface area contributed by atoms with E-state index in [1.807, 2.05) is 37.3 Å². The summed E-state index contributed by atoms with van der Waals surface area (Å²) in [5, 5.41) is 1.84. The molecular formula is C21H25ClN2O5S. The predicted molar refractivity (Wildman–Crippen MR) is 115 cm³/mol. The highest BCUT2D eigenvalue weighted by atomic mass is 35.5. The maximum absolute atomic E-state index is 12.4. The van der Waals surface area contributed by atoms with Crippen LogP contribution in [0.5, 0.6) is 0 Å². The Morgan fingerprint density at radius 1 is 1.03 bits per heavy atom. The standard InChI is InChI=1S/C21H25ClN2O5S/c1-16-10-12-18(13-11-16)30(27,28)24-19(20(22)25)9-5-6-14-23-21(26)29-15-17-7-3-2-4-8-17/h2-4,7-8,10-13,19,24H,5-6,9,14-15H2,1H3,(H,23,26)/t19-/m0/s1. The van der Waals surface area contributed by atoms with Crippen LogP contribution in [-0.4, -0.2) is 32.3 Å². The number of hydrogen-bond acceptors (Lipinski definition) is 5. The van der Waals surface area contributed by atoms with Gasteiger partial charge in [-0.15, -0.1) is 0 Å². The van der Waals surface area contributed by atoms with Gasteiger partial charge >= 0.3 is 6.09 Å². The molecule has 2 aromatic rings. The molecule has 0 radical (unpaired) electrons. The highest BCUT2D eigenvalue weighted by Gasteiger charge is 2.24. The van der Waals surface area contributed by atoms with E-state index in [-0.39, 0.29) is 17.9 Å². The number of alkyl carbamates (subject to hydrolysis) is 1. The van der Waals surface area contributed by atoms with Crippen LogP contribution in [0.15, 0.2) is 59.5 Å². The van der Waals surface area contributed by atoms with Gasteiger partial charge in [-0.05, 0) is 55.5 Å². The third-order valence-corrected chi connectivity index (χ3v) is 6.06. The number of aryl methyl sites for hydroxylation is 1. The van der Waals surface area contributed by atoms with E-state index >= 15 is 0 Å². The minimum absolute atomic E-state index is 0.0684. The Morgan fingerprint density at radius 2 is 1.70 bits per heavy atom. The number of amides is 1. The average molecular weight is 453 g/mol. The van der Waals surface area contributed by atoms with Crippen LogP contribution < -0.4 is 10.0 Å². The first kappa shape index (κ1) is 23.9. The second-order valence-corrected chi connectivity index (χ2v) is 8.86. The van der Waals surface area contributed by atoms with E-state index in [1.54, 1.807) is 12.1 Å². The predicted octanol–water partition coefficient (Wildman–Crippen LogP) is 3.50. The molecule has 0 bridgehead atoms. The average Bonchev–Trinajstić information content (AvgIpc) is 2.72. The zero-order valence-corrected chi connectivity index (χ0v) is 18.2. The summed E-state index contributed by atoms with van der Waals surface area (Å²) < 4.78 is 32.3. The number of hydrogen-bond donors (Lipinski definition) is 2. The third-order valence-electron chi connectivity index (χ3n) is 4.30. The number of halogens is 1. The van der Waals surface area contributed by atoms with Crippen molar-refractivity contribution in [2.45, 2.75) is 43.7 Å². The van der Waals surface area contributed by atoms with Crippen molar-refractivity contribution in [2.24, 2.45) is 0 Å². The molecule has 0 fully saturated rings. The highest BCUT2D eigenvalue weighted by molar-refractivity contribution is 7.89. The molecule has 0 saturated carbocycles. The SMILES string of the molecule is Cc1ccc(S(=O)(=O)N[C@@H](CCCCNC(=O)OCc2ccccc2)C(=O)Cl)cc1. The van der Waals surface area contributed by atoms with Crippen LogP contribution in [0.1, 0.15) is 30.4 Å². The van der Waals surface area contributed by atoms with Gasteiger partial charge in [0.15, 0.2) is 0 Å². The van der Waals surface area contributed by atoms with Gasteiger partial charge in [0, 0.05) is 6.54 Å². The van der Waals surface area contributed by atoms with Gasteiger partial charge in [-0.3, -0.25) is 4.79 Å². The van der Waals surface area contributed by atoms with Crippen LogP contribution in [0.25, 0.3) is 0 Å². The molecule has 7 nitrogen and oxygen atoms in total. The summed E-state index contributed by atoms with van der Waals surface area (Å²) in [4.78, 5) is 23.4.